The van der Waals surface area contributed by atoms with Gasteiger partial charge in [0.25, 0.3) is 0 Å². The zero-order chi connectivity index (χ0) is 17.4. The Morgan fingerprint density at radius 1 is 1.12 bits per heavy atom. The lowest BCUT2D eigenvalue weighted by Gasteiger charge is -2.09. The normalized spacial score (nSPS) is 11.1. The second kappa shape index (κ2) is 5.94. The smallest absolute Gasteiger partial charge is 0.237 e. The quantitative estimate of drug-likeness (QED) is 0.617. The molecule has 1 aromatic carbocycles. The number of benzene rings is 1. The van der Waals surface area contributed by atoms with E-state index in [2.05, 4.69) is 22.2 Å². The van der Waals surface area contributed by atoms with E-state index in [1.165, 1.54) is 10.3 Å². The van der Waals surface area contributed by atoms with Crippen molar-refractivity contribution < 1.29 is 4.84 Å². The molecule has 7 nitrogen and oxygen atoms in total. The summed E-state index contributed by atoms with van der Waals surface area (Å²) in [5.41, 5.74) is 11.1. The number of fused-ring (bicyclic) bond motifs is 1. The minimum absolute atomic E-state index is 0.272. The first-order chi connectivity index (χ1) is 12.2. The Kier molecular flexibility index (Phi) is 3.61. The third-order valence-electron chi connectivity index (χ3n) is 4.08. The maximum absolute atomic E-state index is 5.93. The molecule has 0 aliphatic rings. The largest absolute Gasteiger partial charge is 0.412 e. The Morgan fingerprint density at radius 2 is 1.92 bits per heavy atom. The summed E-state index contributed by atoms with van der Waals surface area (Å²) in [6, 6.07) is 14.1. The number of pyridine rings is 1. The van der Waals surface area contributed by atoms with Crippen molar-refractivity contribution in [1.29, 1.82) is 0 Å². The van der Waals surface area contributed by atoms with Gasteiger partial charge in [0.2, 0.25) is 5.95 Å². The fourth-order valence-electron chi connectivity index (χ4n) is 2.92. The number of nitrogens with zero attached hydrogens (tertiary/aromatic N) is 5. The maximum atomic E-state index is 5.93. The van der Waals surface area contributed by atoms with Crippen molar-refractivity contribution in [3.63, 3.8) is 0 Å². The molecule has 0 saturated heterocycles. The molecule has 3 heterocycles. The molecule has 0 saturated carbocycles. The van der Waals surface area contributed by atoms with Crippen molar-refractivity contribution in [3.05, 3.63) is 59.9 Å². The Hall–Kier alpha value is -3.35. The van der Waals surface area contributed by atoms with Crippen LogP contribution in [0.5, 0.6) is 0 Å². The van der Waals surface area contributed by atoms with Gasteiger partial charge >= 0.3 is 0 Å². The van der Waals surface area contributed by atoms with Gasteiger partial charge in [0, 0.05) is 25.2 Å². The van der Waals surface area contributed by atoms with Gasteiger partial charge in [-0.15, -0.1) is 4.73 Å². The summed E-state index contributed by atoms with van der Waals surface area (Å²) in [6.45, 7) is 0. The molecular weight excluding hydrogens is 316 g/mol. The van der Waals surface area contributed by atoms with Crippen LogP contribution in [0.1, 0.15) is 11.3 Å². The van der Waals surface area contributed by atoms with E-state index in [1.54, 1.807) is 11.8 Å². The zero-order valence-corrected chi connectivity index (χ0v) is 14.0. The van der Waals surface area contributed by atoms with Crippen LogP contribution in [0.3, 0.4) is 0 Å². The number of imidazole rings is 1. The second-order valence-electron chi connectivity index (χ2n) is 5.81. The number of aryl methyl sites for hydroxylation is 1. The molecule has 0 bridgehead atoms. The highest BCUT2D eigenvalue weighted by Crippen LogP contribution is 2.27. The molecule has 0 spiro atoms. The van der Waals surface area contributed by atoms with Crippen molar-refractivity contribution >= 4 is 17.1 Å². The van der Waals surface area contributed by atoms with E-state index in [1.807, 2.05) is 43.6 Å². The zero-order valence-electron chi connectivity index (χ0n) is 14.0. The predicted octanol–water partition coefficient (Wildman–Crippen LogP) is 2.06. The standard InChI is InChI=1S/C18H18N6O/c1-23-9-8-14(22-23)13-11-16-17(24(25-2)18(19)21-16)20-15(13)10-12-6-4-3-5-7-12/h3-9,11H,10H2,1-2H3,(H2,19,21). The molecular formula is C18H18N6O. The molecule has 0 atom stereocenters. The van der Waals surface area contributed by atoms with Gasteiger partial charge in [-0.1, -0.05) is 30.3 Å². The van der Waals surface area contributed by atoms with Crippen molar-refractivity contribution in [2.75, 3.05) is 12.8 Å². The van der Waals surface area contributed by atoms with Crippen LogP contribution in [0.2, 0.25) is 0 Å². The van der Waals surface area contributed by atoms with E-state index >= 15 is 0 Å². The lowest BCUT2D eigenvalue weighted by Crippen LogP contribution is -2.10. The maximum Gasteiger partial charge on any atom is 0.237 e. The van der Waals surface area contributed by atoms with Gasteiger partial charge in [-0.25, -0.2) is 9.97 Å². The first-order valence-corrected chi connectivity index (χ1v) is 7.92. The van der Waals surface area contributed by atoms with Gasteiger partial charge in [-0.05, 0) is 17.7 Å². The Bertz CT molecular complexity index is 1030. The van der Waals surface area contributed by atoms with Crippen LogP contribution in [0.25, 0.3) is 22.4 Å². The number of nitrogen functional groups attached to an aromatic ring is 1. The van der Waals surface area contributed by atoms with Gasteiger partial charge in [0.15, 0.2) is 5.65 Å². The summed E-state index contributed by atoms with van der Waals surface area (Å²) in [6.07, 6.45) is 2.59. The summed E-state index contributed by atoms with van der Waals surface area (Å²) >= 11 is 0. The average molecular weight is 334 g/mol. The Labute approximate surface area is 144 Å². The van der Waals surface area contributed by atoms with Crippen LogP contribution in [0.15, 0.2) is 48.7 Å². The highest BCUT2D eigenvalue weighted by atomic mass is 16.6. The van der Waals surface area contributed by atoms with Crippen LogP contribution in [-0.4, -0.2) is 31.6 Å². The van der Waals surface area contributed by atoms with Crippen molar-refractivity contribution in [2.24, 2.45) is 7.05 Å². The predicted molar refractivity (Wildman–Crippen MR) is 95.9 cm³/mol. The molecule has 0 aliphatic heterocycles. The van der Waals surface area contributed by atoms with E-state index in [-0.39, 0.29) is 5.95 Å². The lowest BCUT2D eigenvalue weighted by atomic mass is 10.0. The molecule has 0 fully saturated rings. The number of rotatable bonds is 4. The van der Waals surface area contributed by atoms with Crippen molar-refractivity contribution in [3.8, 4) is 11.3 Å². The number of aromatic nitrogens is 5. The second-order valence-corrected chi connectivity index (χ2v) is 5.81. The molecule has 7 heteroatoms. The Balaban J connectivity index is 1.92. The lowest BCUT2D eigenvalue weighted by molar-refractivity contribution is 0.181. The number of hydrogen-bond donors (Lipinski definition) is 1. The van der Waals surface area contributed by atoms with Crippen LogP contribution >= 0.6 is 0 Å². The third-order valence-corrected chi connectivity index (χ3v) is 4.08. The molecule has 2 N–H and O–H groups in total. The third kappa shape index (κ3) is 2.69. The molecule has 4 rings (SSSR count). The fraction of sp³-hybridized carbons (Fsp3) is 0.167. The van der Waals surface area contributed by atoms with Crippen LogP contribution < -0.4 is 10.6 Å². The first-order valence-electron chi connectivity index (χ1n) is 7.92. The van der Waals surface area contributed by atoms with Gasteiger partial charge in [-0.3, -0.25) is 4.68 Å². The molecule has 126 valence electrons. The summed E-state index contributed by atoms with van der Waals surface area (Å²) < 4.78 is 3.21. The van der Waals surface area contributed by atoms with E-state index in [0.29, 0.717) is 17.6 Å². The van der Waals surface area contributed by atoms with Crippen LogP contribution in [0, 0.1) is 0 Å². The molecule has 3 aromatic heterocycles. The number of nitrogens with two attached hydrogens (primary N) is 1. The van der Waals surface area contributed by atoms with Gasteiger partial charge in [0.1, 0.15) is 12.6 Å². The molecule has 0 amide bonds. The summed E-state index contributed by atoms with van der Waals surface area (Å²) in [7, 11) is 3.44. The number of hydrogen-bond acceptors (Lipinski definition) is 5. The molecule has 0 unspecified atom stereocenters. The van der Waals surface area contributed by atoms with Gasteiger partial charge in [-0.2, -0.15) is 5.10 Å². The summed E-state index contributed by atoms with van der Waals surface area (Å²) in [4.78, 5) is 14.4. The van der Waals surface area contributed by atoms with E-state index in [9.17, 15) is 0 Å². The van der Waals surface area contributed by atoms with Crippen molar-refractivity contribution in [1.82, 2.24) is 24.5 Å². The summed E-state index contributed by atoms with van der Waals surface area (Å²) in [5, 5.41) is 4.52. The van der Waals surface area contributed by atoms with Crippen LogP contribution in [-0.2, 0) is 13.5 Å². The molecule has 25 heavy (non-hydrogen) atoms. The SMILES string of the molecule is COn1c(N)nc2cc(-c3ccn(C)n3)c(Cc3ccccc3)nc21. The Morgan fingerprint density at radius 3 is 2.60 bits per heavy atom. The van der Waals surface area contributed by atoms with E-state index < -0.39 is 0 Å². The monoisotopic (exact) mass is 334 g/mol. The summed E-state index contributed by atoms with van der Waals surface area (Å²) in [5.74, 6) is 0.272. The minimum Gasteiger partial charge on any atom is -0.412 e. The minimum atomic E-state index is 0.272. The fourth-order valence-corrected chi connectivity index (χ4v) is 2.92. The number of anilines is 1. The molecule has 4 aromatic rings. The molecule has 0 aliphatic carbocycles. The highest BCUT2D eigenvalue weighted by molar-refractivity contribution is 5.81. The van der Waals surface area contributed by atoms with Gasteiger partial charge in [0.05, 0.1) is 11.4 Å². The van der Waals surface area contributed by atoms with Crippen LogP contribution in [0.4, 0.5) is 5.95 Å². The highest BCUT2D eigenvalue weighted by Gasteiger charge is 2.17. The van der Waals surface area contributed by atoms with Gasteiger partial charge < -0.3 is 10.6 Å². The average Bonchev–Trinajstić information content (AvgIpc) is 3.17. The topological polar surface area (TPSA) is 83.8 Å². The molecule has 0 radical (unpaired) electrons. The first kappa shape index (κ1) is 15.2. The van der Waals surface area contributed by atoms with Crippen molar-refractivity contribution in [2.45, 2.75) is 6.42 Å². The van der Waals surface area contributed by atoms with E-state index in [4.69, 9.17) is 15.6 Å². The van der Waals surface area contributed by atoms with E-state index in [0.717, 1.165) is 17.0 Å².